The van der Waals surface area contributed by atoms with Crippen LogP contribution in [0, 0.1) is 6.92 Å². The molecular formula is C26H24ClNO5S. The highest BCUT2D eigenvalue weighted by atomic mass is 35.5. The summed E-state index contributed by atoms with van der Waals surface area (Å²) in [7, 11) is -4.19. The molecule has 0 aromatic heterocycles. The van der Waals surface area contributed by atoms with Crippen LogP contribution in [0.1, 0.15) is 29.7 Å². The molecule has 4 rings (SSSR count). The zero-order valence-electron chi connectivity index (χ0n) is 18.7. The molecule has 1 aliphatic heterocycles. The second-order valence-electron chi connectivity index (χ2n) is 7.96. The van der Waals surface area contributed by atoms with Gasteiger partial charge in [0.05, 0.1) is 17.5 Å². The van der Waals surface area contributed by atoms with E-state index in [0.717, 1.165) is 5.56 Å². The Bertz CT molecular complexity index is 1350. The minimum atomic E-state index is -4.19. The maximum atomic E-state index is 13.7. The smallest absolute Gasteiger partial charge is 0.290 e. The van der Waals surface area contributed by atoms with E-state index in [0.29, 0.717) is 28.5 Å². The Balaban J connectivity index is 1.85. The average Bonchev–Trinajstić information content (AvgIpc) is 3.07. The van der Waals surface area contributed by atoms with Crippen molar-refractivity contribution in [1.82, 2.24) is 4.90 Å². The van der Waals surface area contributed by atoms with Gasteiger partial charge in [-0.15, -0.1) is 0 Å². The van der Waals surface area contributed by atoms with Gasteiger partial charge in [0.25, 0.3) is 5.91 Å². The van der Waals surface area contributed by atoms with E-state index >= 15 is 0 Å². The van der Waals surface area contributed by atoms with Crippen molar-refractivity contribution in [3.8, 4) is 5.75 Å². The summed E-state index contributed by atoms with van der Waals surface area (Å²) in [5.41, 5.74) is 2.05. The van der Waals surface area contributed by atoms with Gasteiger partial charge in [-0.3, -0.25) is 4.79 Å². The van der Waals surface area contributed by atoms with Crippen LogP contribution < -0.4 is 4.74 Å². The standard InChI is InChI=1S/C26H24ClNO5S/c1-3-33-20-12-10-18(11-13-20)23-25(34(31,32)21-14-8-17(2)9-15-21)24(29)26(30)28(23)16-19-6-4-5-7-22(19)27/h4-15,23,29H,3,16H2,1-2H3/t23-/m1/s1. The van der Waals surface area contributed by atoms with E-state index in [2.05, 4.69) is 0 Å². The maximum absolute atomic E-state index is 13.7. The van der Waals surface area contributed by atoms with Gasteiger partial charge in [-0.25, -0.2) is 8.42 Å². The van der Waals surface area contributed by atoms with Crippen molar-refractivity contribution in [2.75, 3.05) is 6.61 Å². The average molecular weight is 498 g/mol. The largest absolute Gasteiger partial charge is 0.502 e. The third-order valence-corrected chi connectivity index (χ3v) is 7.94. The molecule has 0 radical (unpaired) electrons. The molecule has 176 valence electrons. The van der Waals surface area contributed by atoms with Crippen LogP contribution in [-0.4, -0.2) is 30.9 Å². The summed E-state index contributed by atoms with van der Waals surface area (Å²) in [6, 6.07) is 19.1. The Morgan fingerprint density at radius 1 is 1.00 bits per heavy atom. The van der Waals surface area contributed by atoms with Crippen LogP contribution in [-0.2, 0) is 21.2 Å². The molecule has 6 nitrogen and oxygen atoms in total. The van der Waals surface area contributed by atoms with Crippen molar-refractivity contribution in [3.63, 3.8) is 0 Å². The molecule has 1 N–H and O–H groups in total. The van der Waals surface area contributed by atoms with Gasteiger partial charge in [-0.1, -0.05) is 59.6 Å². The third-order valence-electron chi connectivity index (χ3n) is 5.68. The predicted molar refractivity (Wildman–Crippen MR) is 130 cm³/mol. The highest BCUT2D eigenvalue weighted by molar-refractivity contribution is 7.95. The third kappa shape index (κ3) is 4.41. The number of ether oxygens (including phenoxy) is 1. The lowest BCUT2D eigenvalue weighted by Crippen LogP contribution is -2.30. The van der Waals surface area contributed by atoms with Gasteiger partial charge in [-0.2, -0.15) is 0 Å². The Labute approximate surface area is 204 Å². The van der Waals surface area contributed by atoms with Gasteiger partial charge in [0, 0.05) is 11.6 Å². The van der Waals surface area contributed by atoms with Gasteiger partial charge >= 0.3 is 0 Å². The van der Waals surface area contributed by atoms with E-state index < -0.39 is 27.5 Å². The van der Waals surface area contributed by atoms with Crippen LogP contribution in [0.3, 0.4) is 0 Å². The number of nitrogens with zero attached hydrogens (tertiary/aromatic N) is 1. The number of sulfone groups is 1. The second kappa shape index (κ2) is 9.52. The molecule has 3 aromatic carbocycles. The number of aliphatic hydroxyl groups excluding tert-OH is 1. The lowest BCUT2D eigenvalue weighted by Gasteiger charge is -2.27. The minimum absolute atomic E-state index is 0.00276. The van der Waals surface area contributed by atoms with Crippen molar-refractivity contribution in [3.05, 3.63) is 105 Å². The quantitative estimate of drug-likeness (QED) is 0.474. The SMILES string of the molecule is CCOc1ccc([C@@H]2C(S(=O)(=O)c3ccc(C)cc3)=C(O)C(=O)N2Cc2ccccc2Cl)cc1. The normalized spacial score (nSPS) is 16.3. The Morgan fingerprint density at radius 3 is 2.26 bits per heavy atom. The van der Waals surface area contributed by atoms with Crippen LogP contribution in [0.5, 0.6) is 5.75 Å². The van der Waals surface area contributed by atoms with Gasteiger partial charge < -0.3 is 14.7 Å². The minimum Gasteiger partial charge on any atom is -0.502 e. The number of aliphatic hydroxyl groups is 1. The first-order valence-electron chi connectivity index (χ1n) is 10.8. The number of halogens is 1. The van der Waals surface area contributed by atoms with E-state index in [1.165, 1.54) is 17.0 Å². The lowest BCUT2D eigenvalue weighted by atomic mass is 10.1. The van der Waals surface area contributed by atoms with Crippen LogP contribution in [0.4, 0.5) is 0 Å². The van der Waals surface area contributed by atoms with Crippen molar-refractivity contribution in [2.45, 2.75) is 31.3 Å². The summed E-state index contributed by atoms with van der Waals surface area (Å²) in [4.78, 5) is 14.2. The molecule has 1 amide bonds. The number of amides is 1. The molecule has 0 fully saturated rings. The molecule has 34 heavy (non-hydrogen) atoms. The van der Waals surface area contributed by atoms with Crippen molar-refractivity contribution in [1.29, 1.82) is 0 Å². The highest BCUT2D eigenvalue weighted by Gasteiger charge is 2.47. The number of aryl methyl sites for hydroxylation is 1. The Kier molecular flexibility index (Phi) is 6.68. The number of hydrogen-bond acceptors (Lipinski definition) is 5. The molecule has 0 saturated heterocycles. The van der Waals surface area contributed by atoms with E-state index in [1.807, 2.05) is 13.8 Å². The Morgan fingerprint density at radius 2 is 1.65 bits per heavy atom. The monoisotopic (exact) mass is 497 g/mol. The summed E-state index contributed by atoms with van der Waals surface area (Å²) in [6.45, 7) is 4.21. The van der Waals surface area contributed by atoms with Gasteiger partial charge in [0.1, 0.15) is 10.7 Å². The molecular weight excluding hydrogens is 474 g/mol. The number of rotatable bonds is 7. The number of hydrogen-bond donors (Lipinski definition) is 1. The van der Waals surface area contributed by atoms with Crippen molar-refractivity contribution >= 4 is 27.3 Å². The predicted octanol–water partition coefficient (Wildman–Crippen LogP) is 5.37. The number of carbonyl (C=O) groups excluding carboxylic acids is 1. The molecule has 0 saturated carbocycles. The molecule has 0 aliphatic carbocycles. The zero-order chi connectivity index (χ0) is 24.5. The van der Waals surface area contributed by atoms with Gasteiger partial charge in [-0.05, 0) is 55.3 Å². The molecule has 0 bridgehead atoms. The van der Waals surface area contributed by atoms with E-state index in [-0.39, 0.29) is 16.3 Å². The van der Waals surface area contributed by atoms with Crippen LogP contribution in [0.2, 0.25) is 5.02 Å². The molecule has 1 atom stereocenters. The molecule has 3 aromatic rings. The maximum Gasteiger partial charge on any atom is 0.290 e. The summed E-state index contributed by atoms with van der Waals surface area (Å²) >= 11 is 6.32. The van der Waals surface area contributed by atoms with Crippen LogP contribution in [0.25, 0.3) is 0 Å². The van der Waals surface area contributed by atoms with Crippen LogP contribution in [0.15, 0.2) is 88.4 Å². The summed E-state index contributed by atoms with van der Waals surface area (Å²) < 4.78 is 32.8. The van der Waals surface area contributed by atoms with Crippen molar-refractivity contribution in [2.24, 2.45) is 0 Å². The first kappa shape index (κ1) is 23.9. The fourth-order valence-corrected chi connectivity index (χ4v) is 5.81. The summed E-state index contributed by atoms with van der Waals surface area (Å²) in [5.74, 6) is -0.944. The summed E-state index contributed by atoms with van der Waals surface area (Å²) in [5, 5.41) is 11.3. The molecule has 0 unspecified atom stereocenters. The number of benzene rings is 3. The van der Waals surface area contributed by atoms with E-state index in [9.17, 15) is 18.3 Å². The van der Waals surface area contributed by atoms with E-state index in [4.69, 9.17) is 16.3 Å². The Hall–Kier alpha value is -3.29. The molecule has 1 heterocycles. The lowest BCUT2D eigenvalue weighted by molar-refractivity contribution is -0.130. The molecule has 1 aliphatic rings. The summed E-state index contributed by atoms with van der Waals surface area (Å²) in [6.07, 6.45) is 0. The fourth-order valence-electron chi connectivity index (χ4n) is 3.97. The molecule has 8 heteroatoms. The first-order chi connectivity index (χ1) is 16.2. The second-order valence-corrected chi connectivity index (χ2v) is 10.3. The molecule has 0 spiro atoms. The fraction of sp³-hybridized carbons (Fsp3) is 0.192. The number of carbonyl (C=O) groups is 1. The van der Waals surface area contributed by atoms with Gasteiger partial charge in [0.2, 0.25) is 9.84 Å². The van der Waals surface area contributed by atoms with Crippen LogP contribution >= 0.6 is 11.6 Å². The topological polar surface area (TPSA) is 83.9 Å². The zero-order valence-corrected chi connectivity index (χ0v) is 20.3. The first-order valence-corrected chi connectivity index (χ1v) is 12.6. The van der Waals surface area contributed by atoms with E-state index in [1.54, 1.807) is 60.7 Å². The van der Waals surface area contributed by atoms with Crippen molar-refractivity contribution < 1.29 is 23.1 Å². The highest BCUT2D eigenvalue weighted by Crippen LogP contribution is 2.44. The van der Waals surface area contributed by atoms with Gasteiger partial charge in [0.15, 0.2) is 5.76 Å².